The minimum absolute atomic E-state index is 0.120. The van der Waals surface area contributed by atoms with Gasteiger partial charge in [-0.25, -0.2) is 0 Å². The summed E-state index contributed by atoms with van der Waals surface area (Å²) in [5, 5.41) is 2.94. The zero-order valence-corrected chi connectivity index (χ0v) is 9.64. The van der Waals surface area contributed by atoms with E-state index in [1.54, 1.807) is 24.3 Å². The van der Waals surface area contributed by atoms with Crippen molar-refractivity contribution in [2.45, 2.75) is 6.54 Å². The molecule has 0 radical (unpaired) electrons. The normalized spacial score (nSPS) is 15.6. The summed E-state index contributed by atoms with van der Waals surface area (Å²) < 4.78 is 0. The molecule has 1 heterocycles. The van der Waals surface area contributed by atoms with Gasteiger partial charge in [-0.1, -0.05) is 29.8 Å². The van der Waals surface area contributed by atoms with Gasteiger partial charge in [0, 0.05) is 5.02 Å². The summed E-state index contributed by atoms with van der Waals surface area (Å²) in [6.07, 6.45) is 0. The first-order chi connectivity index (χ1) is 7.59. The standard InChI is InChI=1S/C10H7ClN2O2S/c11-7-4-2-1-3-6(7)5-13-9(15)8(14)12-10(13)16/h1-4H,5H2,(H,12,14,16). The van der Waals surface area contributed by atoms with E-state index in [9.17, 15) is 9.59 Å². The van der Waals surface area contributed by atoms with E-state index in [-0.39, 0.29) is 11.7 Å². The third kappa shape index (κ3) is 1.91. The van der Waals surface area contributed by atoms with E-state index in [2.05, 4.69) is 5.32 Å². The van der Waals surface area contributed by atoms with Gasteiger partial charge in [0.2, 0.25) is 0 Å². The number of nitrogens with zero attached hydrogens (tertiary/aromatic N) is 1. The zero-order chi connectivity index (χ0) is 11.7. The number of hydrogen-bond donors (Lipinski definition) is 1. The molecule has 1 aliphatic heterocycles. The van der Waals surface area contributed by atoms with Crippen molar-refractivity contribution < 1.29 is 9.59 Å². The van der Waals surface area contributed by atoms with Crippen LogP contribution in [0.1, 0.15) is 5.56 Å². The van der Waals surface area contributed by atoms with Gasteiger partial charge in [-0.05, 0) is 23.8 Å². The Bertz CT molecular complexity index is 489. The van der Waals surface area contributed by atoms with E-state index >= 15 is 0 Å². The summed E-state index contributed by atoms with van der Waals surface area (Å²) >= 11 is 10.8. The molecule has 0 unspecified atom stereocenters. The molecule has 1 N–H and O–H groups in total. The molecule has 1 fully saturated rings. The van der Waals surface area contributed by atoms with Crippen LogP contribution in [-0.4, -0.2) is 21.8 Å². The second-order valence-corrected chi connectivity index (χ2v) is 4.04. The van der Waals surface area contributed by atoms with E-state index in [1.807, 2.05) is 0 Å². The quantitative estimate of drug-likeness (QED) is 0.635. The van der Waals surface area contributed by atoms with Crippen LogP contribution in [-0.2, 0) is 16.1 Å². The molecule has 0 atom stereocenters. The first-order valence-corrected chi connectivity index (χ1v) is 5.28. The Morgan fingerprint density at radius 1 is 1.31 bits per heavy atom. The Hall–Kier alpha value is -1.46. The molecule has 4 nitrogen and oxygen atoms in total. The SMILES string of the molecule is O=C1NC(=S)N(Cc2ccccc2Cl)C1=O. The van der Waals surface area contributed by atoms with Crippen molar-refractivity contribution in [2.24, 2.45) is 0 Å². The van der Waals surface area contributed by atoms with Gasteiger partial charge in [0.15, 0.2) is 5.11 Å². The lowest BCUT2D eigenvalue weighted by Crippen LogP contribution is -2.30. The van der Waals surface area contributed by atoms with Crippen LogP contribution in [0.3, 0.4) is 0 Å². The molecule has 0 spiro atoms. The fourth-order valence-corrected chi connectivity index (χ4v) is 1.81. The van der Waals surface area contributed by atoms with Crippen molar-refractivity contribution in [1.82, 2.24) is 10.2 Å². The molecule has 82 valence electrons. The number of halogens is 1. The van der Waals surface area contributed by atoms with Crippen molar-refractivity contribution in [1.29, 1.82) is 0 Å². The van der Waals surface area contributed by atoms with Gasteiger partial charge in [0.25, 0.3) is 0 Å². The van der Waals surface area contributed by atoms with Crippen LogP contribution in [0.5, 0.6) is 0 Å². The average Bonchev–Trinajstić information content (AvgIpc) is 2.48. The number of rotatable bonds is 2. The molecule has 1 saturated heterocycles. The maximum Gasteiger partial charge on any atom is 0.318 e. The number of amides is 2. The number of hydrogen-bond acceptors (Lipinski definition) is 3. The molecule has 0 saturated carbocycles. The van der Waals surface area contributed by atoms with Crippen molar-refractivity contribution in [3.8, 4) is 0 Å². The Balaban J connectivity index is 2.23. The van der Waals surface area contributed by atoms with Crippen LogP contribution in [0.25, 0.3) is 0 Å². The minimum Gasteiger partial charge on any atom is -0.294 e. The van der Waals surface area contributed by atoms with Gasteiger partial charge >= 0.3 is 11.8 Å². The van der Waals surface area contributed by atoms with E-state index in [0.717, 1.165) is 5.56 Å². The summed E-state index contributed by atoms with van der Waals surface area (Å²) in [5.74, 6) is -1.35. The van der Waals surface area contributed by atoms with E-state index in [4.69, 9.17) is 23.8 Å². The first kappa shape index (κ1) is 11.0. The molecule has 1 aliphatic rings. The monoisotopic (exact) mass is 254 g/mol. The molecular formula is C10H7ClN2O2S. The Labute approximate surface area is 102 Å². The second-order valence-electron chi connectivity index (χ2n) is 3.24. The number of carbonyl (C=O) groups excluding carboxylic acids is 2. The van der Waals surface area contributed by atoms with E-state index < -0.39 is 11.8 Å². The molecule has 0 aromatic heterocycles. The van der Waals surface area contributed by atoms with Gasteiger partial charge in [0.1, 0.15) is 0 Å². The summed E-state index contributed by atoms with van der Waals surface area (Å²) in [6.45, 7) is 0.204. The fourth-order valence-electron chi connectivity index (χ4n) is 1.37. The average molecular weight is 255 g/mol. The lowest BCUT2D eigenvalue weighted by molar-refractivity contribution is -0.140. The maximum atomic E-state index is 11.4. The van der Waals surface area contributed by atoms with Gasteiger partial charge in [-0.15, -0.1) is 0 Å². The van der Waals surface area contributed by atoms with Crippen molar-refractivity contribution in [3.05, 3.63) is 34.9 Å². The van der Waals surface area contributed by atoms with Crippen LogP contribution in [0.2, 0.25) is 5.02 Å². The topological polar surface area (TPSA) is 49.4 Å². The first-order valence-electron chi connectivity index (χ1n) is 4.50. The smallest absolute Gasteiger partial charge is 0.294 e. The van der Waals surface area contributed by atoms with E-state index in [0.29, 0.717) is 5.02 Å². The maximum absolute atomic E-state index is 11.4. The van der Waals surface area contributed by atoms with Gasteiger partial charge in [-0.2, -0.15) is 0 Å². The third-order valence-electron chi connectivity index (χ3n) is 2.19. The summed E-state index contributed by atoms with van der Waals surface area (Å²) in [6, 6.07) is 7.09. The number of thiocarbonyl (C=S) groups is 1. The minimum atomic E-state index is -0.697. The molecular weight excluding hydrogens is 248 g/mol. The number of benzene rings is 1. The predicted molar refractivity (Wildman–Crippen MR) is 62.7 cm³/mol. The number of carbonyl (C=O) groups is 2. The largest absolute Gasteiger partial charge is 0.318 e. The van der Waals surface area contributed by atoms with Crippen molar-refractivity contribution >= 4 is 40.7 Å². The Kier molecular flexibility index (Phi) is 2.89. The molecule has 1 aromatic carbocycles. The summed E-state index contributed by atoms with van der Waals surface area (Å²) in [7, 11) is 0. The molecule has 2 amide bonds. The van der Waals surface area contributed by atoms with Crippen molar-refractivity contribution in [2.75, 3.05) is 0 Å². The molecule has 2 rings (SSSR count). The Morgan fingerprint density at radius 2 is 2.00 bits per heavy atom. The highest BCUT2D eigenvalue weighted by atomic mass is 35.5. The molecule has 16 heavy (non-hydrogen) atoms. The van der Waals surface area contributed by atoms with E-state index in [1.165, 1.54) is 4.90 Å². The van der Waals surface area contributed by atoms with Gasteiger partial charge in [0.05, 0.1) is 6.54 Å². The Morgan fingerprint density at radius 3 is 2.56 bits per heavy atom. The highest BCUT2D eigenvalue weighted by Crippen LogP contribution is 2.18. The second kappa shape index (κ2) is 4.19. The third-order valence-corrected chi connectivity index (χ3v) is 2.88. The predicted octanol–water partition coefficient (Wildman–Crippen LogP) is 1.08. The van der Waals surface area contributed by atoms with Crippen LogP contribution < -0.4 is 5.32 Å². The highest BCUT2D eigenvalue weighted by molar-refractivity contribution is 7.80. The zero-order valence-electron chi connectivity index (χ0n) is 8.07. The van der Waals surface area contributed by atoms with Crippen LogP contribution >= 0.6 is 23.8 Å². The number of nitrogens with one attached hydrogen (secondary N) is 1. The summed E-state index contributed by atoms with van der Waals surface area (Å²) in [4.78, 5) is 23.7. The van der Waals surface area contributed by atoms with Crippen LogP contribution in [0, 0.1) is 0 Å². The molecule has 0 aliphatic carbocycles. The van der Waals surface area contributed by atoms with Crippen LogP contribution in [0.4, 0.5) is 0 Å². The van der Waals surface area contributed by atoms with Gasteiger partial charge < -0.3 is 0 Å². The van der Waals surface area contributed by atoms with Crippen molar-refractivity contribution in [3.63, 3.8) is 0 Å². The summed E-state index contributed by atoms with van der Waals surface area (Å²) in [5.41, 5.74) is 0.747. The van der Waals surface area contributed by atoms with Gasteiger partial charge in [-0.3, -0.25) is 19.8 Å². The molecule has 6 heteroatoms. The lowest BCUT2D eigenvalue weighted by Gasteiger charge is -2.14. The lowest BCUT2D eigenvalue weighted by atomic mass is 10.2. The molecule has 1 aromatic rings. The van der Waals surface area contributed by atoms with Crippen LogP contribution in [0.15, 0.2) is 24.3 Å². The molecule has 0 bridgehead atoms. The highest BCUT2D eigenvalue weighted by Gasteiger charge is 2.33. The fraction of sp³-hybridized carbons (Fsp3) is 0.100.